The quantitative estimate of drug-likeness (QED) is 0.244. The second-order valence-corrected chi connectivity index (χ2v) is 10.2. The van der Waals surface area contributed by atoms with E-state index in [2.05, 4.69) is 20.9 Å². The summed E-state index contributed by atoms with van der Waals surface area (Å²) in [6.45, 7) is 7.50. The van der Waals surface area contributed by atoms with E-state index >= 15 is 0 Å². The number of pyridine rings is 1. The number of rotatable bonds is 14. The van der Waals surface area contributed by atoms with Crippen molar-refractivity contribution >= 4 is 29.5 Å². The number of hydrogen-bond donors (Lipinski definition) is 5. The molecule has 39 heavy (non-hydrogen) atoms. The third-order valence-corrected chi connectivity index (χ3v) is 5.78. The van der Waals surface area contributed by atoms with Crippen molar-refractivity contribution in [1.29, 1.82) is 0 Å². The second kappa shape index (κ2) is 15.4. The summed E-state index contributed by atoms with van der Waals surface area (Å²) >= 11 is 0. The van der Waals surface area contributed by atoms with Crippen molar-refractivity contribution in [3.8, 4) is 0 Å². The Kier molecular flexibility index (Phi) is 12.4. The van der Waals surface area contributed by atoms with Gasteiger partial charge in [-0.3, -0.25) is 19.4 Å². The van der Waals surface area contributed by atoms with Gasteiger partial charge in [-0.05, 0) is 42.4 Å². The maximum Gasteiger partial charge on any atom is 0.405 e. The number of nitrogens with zero attached hydrogens (tertiary/aromatic N) is 1. The number of ether oxygens (including phenoxy) is 1. The zero-order valence-corrected chi connectivity index (χ0v) is 22.8. The first-order valence-corrected chi connectivity index (χ1v) is 13.0. The van der Waals surface area contributed by atoms with Crippen LogP contribution in [0.5, 0.6) is 0 Å². The van der Waals surface area contributed by atoms with E-state index in [0.717, 1.165) is 5.56 Å². The minimum Gasteiger partial charge on any atom is -0.436 e. The second-order valence-electron chi connectivity index (χ2n) is 10.2. The summed E-state index contributed by atoms with van der Waals surface area (Å²) in [6.07, 6.45) is -0.247. The van der Waals surface area contributed by atoms with Gasteiger partial charge in [0.25, 0.3) is 11.8 Å². The van der Waals surface area contributed by atoms with E-state index in [1.54, 1.807) is 42.6 Å². The highest BCUT2D eigenvalue weighted by molar-refractivity contribution is 5.95. The first-order chi connectivity index (χ1) is 18.5. The fraction of sp³-hybridized carbons (Fsp3) is 0.464. The van der Waals surface area contributed by atoms with Crippen LogP contribution in [0.25, 0.3) is 0 Å². The highest BCUT2D eigenvalue weighted by Crippen LogP contribution is 2.14. The Morgan fingerprint density at radius 1 is 0.897 bits per heavy atom. The number of anilines is 1. The highest BCUT2D eigenvalue weighted by atomic mass is 16.6. The molecule has 11 heteroatoms. The van der Waals surface area contributed by atoms with Crippen LogP contribution in [0.1, 0.15) is 46.1 Å². The molecule has 1 unspecified atom stereocenters. The van der Waals surface area contributed by atoms with E-state index in [-0.39, 0.29) is 24.7 Å². The summed E-state index contributed by atoms with van der Waals surface area (Å²) in [5.74, 6) is -1.95. The maximum atomic E-state index is 13.5. The van der Waals surface area contributed by atoms with Gasteiger partial charge in [0.1, 0.15) is 6.04 Å². The minimum absolute atomic E-state index is 0.00500. The Bertz CT molecular complexity index is 1080. The number of aliphatic hydroxyl groups is 1. The van der Waals surface area contributed by atoms with E-state index in [0.29, 0.717) is 12.1 Å². The van der Waals surface area contributed by atoms with Crippen LogP contribution in [0.15, 0.2) is 54.9 Å². The molecule has 0 spiro atoms. The summed E-state index contributed by atoms with van der Waals surface area (Å²) in [5.41, 5.74) is 6.33. The summed E-state index contributed by atoms with van der Waals surface area (Å²) in [4.78, 5) is 54.7. The molecule has 0 fully saturated rings. The predicted octanol–water partition coefficient (Wildman–Crippen LogP) is 2.15. The number of benzene rings is 1. The third-order valence-electron chi connectivity index (χ3n) is 5.78. The zero-order chi connectivity index (χ0) is 28.9. The van der Waals surface area contributed by atoms with Gasteiger partial charge in [-0.15, -0.1) is 0 Å². The maximum absolute atomic E-state index is 13.5. The first kappa shape index (κ1) is 31.2. The number of amides is 4. The normalized spacial score (nSPS) is 14.1. The van der Waals surface area contributed by atoms with Gasteiger partial charge < -0.3 is 31.5 Å². The number of aromatic nitrogens is 1. The summed E-state index contributed by atoms with van der Waals surface area (Å²) in [5, 5.41) is 18.9. The molecule has 0 saturated carbocycles. The topological polar surface area (TPSA) is 173 Å². The Hall–Kier alpha value is -3.99. The van der Waals surface area contributed by atoms with Crippen molar-refractivity contribution in [3.63, 3.8) is 0 Å². The molecule has 0 saturated heterocycles. The van der Waals surface area contributed by atoms with Gasteiger partial charge in [-0.1, -0.05) is 58.0 Å². The monoisotopic (exact) mass is 541 g/mol. The molecule has 1 heterocycles. The van der Waals surface area contributed by atoms with Gasteiger partial charge in [0.2, 0.25) is 5.91 Å². The molecule has 2 rings (SSSR count). The molecule has 0 radical (unpaired) electrons. The lowest BCUT2D eigenvalue weighted by molar-refractivity contribution is -0.135. The number of aliphatic hydroxyl groups excluding tert-OH is 1. The van der Waals surface area contributed by atoms with Crippen LogP contribution in [-0.2, 0) is 25.5 Å². The van der Waals surface area contributed by atoms with E-state index in [9.17, 15) is 24.3 Å². The number of carbonyl (C=O) groups is 4. The summed E-state index contributed by atoms with van der Waals surface area (Å²) in [7, 11) is 0. The van der Waals surface area contributed by atoms with Gasteiger partial charge in [0, 0.05) is 12.6 Å². The van der Waals surface area contributed by atoms with Gasteiger partial charge in [0.15, 0.2) is 12.2 Å². The van der Waals surface area contributed by atoms with Gasteiger partial charge in [-0.25, -0.2) is 4.79 Å². The van der Waals surface area contributed by atoms with Crippen molar-refractivity contribution in [1.82, 2.24) is 15.6 Å². The summed E-state index contributed by atoms with van der Waals surface area (Å²) in [6, 6.07) is 10.3. The van der Waals surface area contributed by atoms with E-state index < -0.39 is 48.1 Å². The lowest BCUT2D eigenvalue weighted by Gasteiger charge is -2.28. The first-order valence-electron chi connectivity index (χ1n) is 13.0. The molecule has 0 aliphatic carbocycles. The number of nitrogens with one attached hydrogen (secondary N) is 3. The van der Waals surface area contributed by atoms with Crippen LogP contribution >= 0.6 is 0 Å². The standard InChI is InChI=1S/C28H39N5O6/c1-17(2)13-21(24(34)27(37)31-20-11-8-12-30-16-20)32-25(35)22(15-19-9-6-5-7-10-19)33-26(36)23(14-18(3)4)39-28(29)38/h5-12,16-18,21-24,34H,13-15H2,1-4H3,(H2,29,38)(H,31,37)(H,32,35)(H,33,36)/t21-,22-,23-,24?/m0/s1. The molecule has 4 atom stereocenters. The van der Waals surface area contributed by atoms with Crippen molar-refractivity contribution in [2.24, 2.45) is 17.6 Å². The van der Waals surface area contributed by atoms with Crippen LogP contribution in [0.2, 0.25) is 0 Å². The lowest BCUT2D eigenvalue weighted by atomic mass is 9.97. The average Bonchev–Trinajstić information content (AvgIpc) is 2.87. The van der Waals surface area contributed by atoms with Gasteiger partial charge in [0.05, 0.1) is 17.9 Å². The van der Waals surface area contributed by atoms with E-state index in [1.807, 2.05) is 33.8 Å². The van der Waals surface area contributed by atoms with Crippen molar-refractivity contribution in [2.45, 2.75) is 71.2 Å². The van der Waals surface area contributed by atoms with Gasteiger partial charge >= 0.3 is 6.09 Å². The molecule has 4 amide bonds. The van der Waals surface area contributed by atoms with Crippen LogP contribution in [-0.4, -0.2) is 58.2 Å². The fourth-order valence-electron chi connectivity index (χ4n) is 3.99. The molecule has 11 nitrogen and oxygen atoms in total. The van der Waals surface area contributed by atoms with Crippen LogP contribution in [0, 0.1) is 11.8 Å². The van der Waals surface area contributed by atoms with E-state index in [1.165, 1.54) is 6.20 Å². The van der Waals surface area contributed by atoms with Crippen molar-refractivity contribution < 1.29 is 29.0 Å². The fourth-order valence-corrected chi connectivity index (χ4v) is 3.99. The molecule has 0 bridgehead atoms. The lowest BCUT2D eigenvalue weighted by Crippen LogP contribution is -2.57. The molecule has 1 aromatic heterocycles. The minimum atomic E-state index is -1.57. The molecule has 212 valence electrons. The van der Waals surface area contributed by atoms with Crippen LogP contribution in [0.4, 0.5) is 10.5 Å². The molecule has 2 aromatic rings. The largest absolute Gasteiger partial charge is 0.436 e. The SMILES string of the molecule is CC(C)C[C@H](OC(N)=O)C(=O)N[C@@H](Cc1ccccc1)C(=O)N[C@@H](CC(C)C)C(O)C(=O)Nc1cccnc1. The Labute approximate surface area is 228 Å². The average molecular weight is 542 g/mol. The number of primary amides is 1. The number of carbonyl (C=O) groups excluding carboxylic acids is 4. The molecule has 0 aliphatic rings. The molecule has 6 N–H and O–H groups in total. The summed E-state index contributed by atoms with van der Waals surface area (Å²) < 4.78 is 5.01. The predicted molar refractivity (Wildman–Crippen MR) is 146 cm³/mol. The smallest absolute Gasteiger partial charge is 0.405 e. The van der Waals surface area contributed by atoms with Crippen LogP contribution in [0.3, 0.4) is 0 Å². The Balaban J connectivity index is 2.25. The number of nitrogens with two attached hydrogens (primary N) is 1. The molecule has 0 aliphatic heterocycles. The van der Waals surface area contributed by atoms with Gasteiger partial charge in [-0.2, -0.15) is 0 Å². The molecule has 1 aromatic carbocycles. The third kappa shape index (κ3) is 11.1. The zero-order valence-electron chi connectivity index (χ0n) is 22.8. The van der Waals surface area contributed by atoms with Crippen LogP contribution < -0.4 is 21.7 Å². The van der Waals surface area contributed by atoms with Crippen molar-refractivity contribution in [3.05, 3.63) is 60.4 Å². The molecular formula is C28H39N5O6. The molecular weight excluding hydrogens is 502 g/mol. The van der Waals surface area contributed by atoms with E-state index in [4.69, 9.17) is 10.5 Å². The number of hydrogen-bond acceptors (Lipinski definition) is 7. The Morgan fingerprint density at radius 3 is 2.13 bits per heavy atom. The highest BCUT2D eigenvalue weighted by Gasteiger charge is 2.33. The Morgan fingerprint density at radius 2 is 1.56 bits per heavy atom. The van der Waals surface area contributed by atoms with Crippen molar-refractivity contribution in [2.75, 3.05) is 5.32 Å².